The Morgan fingerprint density at radius 1 is 1.28 bits per heavy atom. The Morgan fingerprint density at radius 3 is 2.84 bits per heavy atom. The van der Waals surface area contributed by atoms with Crippen molar-refractivity contribution in [3.05, 3.63) is 36.3 Å². The highest BCUT2D eigenvalue weighted by molar-refractivity contribution is 5.96. The van der Waals surface area contributed by atoms with Gasteiger partial charge in [-0.3, -0.25) is 4.79 Å². The Balaban J connectivity index is 1.69. The molecule has 1 aromatic rings. The highest BCUT2D eigenvalue weighted by Crippen LogP contribution is 2.36. The van der Waals surface area contributed by atoms with Crippen LogP contribution in [0.5, 0.6) is 11.5 Å². The van der Waals surface area contributed by atoms with E-state index in [9.17, 15) is 4.79 Å². The quantitative estimate of drug-likeness (QED) is 0.790. The van der Waals surface area contributed by atoms with Gasteiger partial charge in [-0.15, -0.1) is 0 Å². The van der Waals surface area contributed by atoms with Crippen LogP contribution >= 0.6 is 0 Å². The largest absolute Gasteiger partial charge is 0.493 e. The maximum atomic E-state index is 12.7. The van der Waals surface area contributed by atoms with Gasteiger partial charge < -0.3 is 18.9 Å². The van der Waals surface area contributed by atoms with E-state index in [2.05, 4.69) is 0 Å². The molecule has 1 aliphatic heterocycles. The Bertz CT molecular complexity index is 693. The van der Waals surface area contributed by atoms with Crippen molar-refractivity contribution in [2.45, 2.75) is 38.4 Å². The topological polar surface area (TPSA) is 77.8 Å². The zero-order chi connectivity index (χ0) is 17.6. The average molecular weight is 343 g/mol. The molecule has 25 heavy (non-hydrogen) atoms. The smallest absolute Gasteiger partial charge is 0.208 e. The van der Waals surface area contributed by atoms with Crippen molar-refractivity contribution in [1.29, 1.82) is 5.26 Å². The molecular weight excluding hydrogens is 322 g/mol. The Hall–Kier alpha value is -2.52. The second-order valence-electron chi connectivity index (χ2n) is 6.01. The fraction of sp³-hybridized carbons (Fsp3) is 0.474. The second-order valence-corrected chi connectivity index (χ2v) is 6.01. The number of carbonyl (C=O) groups excluding carboxylic acids is 1. The van der Waals surface area contributed by atoms with Gasteiger partial charge in [-0.1, -0.05) is 12.1 Å². The van der Waals surface area contributed by atoms with Gasteiger partial charge in [0.1, 0.15) is 19.0 Å². The number of ether oxygens (including phenoxy) is 4. The van der Waals surface area contributed by atoms with Gasteiger partial charge in [0.05, 0.1) is 24.7 Å². The molecule has 1 aromatic carbocycles. The number of fused-ring (bicyclic) bond motifs is 1. The van der Waals surface area contributed by atoms with Crippen molar-refractivity contribution in [2.24, 2.45) is 5.92 Å². The molecule has 1 heterocycles. The predicted octanol–water partition coefficient (Wildman–Crippen LogP) is 2.98. The maximum absolute atomic E-state index is 12.7. The molecule has 3 atom stereocenters. The molecule has 3 unspecified atom stereocenters. The van der Waals surface area contributed by atoms with Crippen LogP contribution in [0.15, 0.2) is 36.3 Å². The standard InChI is InChI=1S/C19H21NO5/c1-2-22-15-5-3-4-6-16(15)25-18-12-24-17-11-13(23-10-9-20)7-8-14(17)19(18)21/h3-6,12-14,17H,2,7-8,10-11H2,1H3. The number of allylic oxidation sites excluding steroid dienone is 1. The SMILES string of the molecule is CCOc1ccccc1OC1=COC2CC(OCC#N)CCC2C1=O. The minimum absolute atomic E-state index is 0.0387. The van der Waals surface area contributed by atoms with Crippen molar-refractivity contribution in [3.63, 3.8) is 0 Å². The lowest BCUT2D eigenvalue weighted by Crippen LogP contribution is -2.42. The van der Waals surface area contributed by atoms with E-state index in [0.717, 1.165) is 6.42 Å². The van der Waals surface area contributed by atoms with Gasteiger partial charge in [-0.25, -0.2) is 0 Å². The number of carbonyl (C=O) groups is 1. The molecule has 6 heteroatoms. The fourth-order valence-corrected chi connectivity index (χ4v) is 3.24. The average Bonchev–Trinajstić information content (AvgIpc) is 2.64. The molecule has 0 saturated heterocycles. The summed E-state index contributed by atoms with van der Waals surface area (Å²) in [5.74, 6) is 0.999. The van der Waals surface area contributed by atoms with Crippen LogP contribution in [0.25, 0.3) is 0 Å². The third kappa shape index (κ3) is 3.94. The molecule has 1 aliphatic carbocycles. The van der Waals surface area contributed by atoms with Gasteiger partial charge in [0.2, 0.25) is 11.5 Å². The van der Waals surface area contributed by atoms with Crippen LogP contribution < -0.4 is 9.47 Å². The first-order valence-electron chi connectivity index (χ1n) is 8.51. The first kappa shape index (κ1) is 17.3. The molecule has 132 valence electrons. The van der Waals surface area contributed by atoms with Crippen LogP contribution in [0.4, 0.5) is 0 Å². The summed E-state index contributed by atoms with van der Waals surface area (Å²) in [7, 11) is 0. The number of hydrogen-bond donors (Lipinski definition) is 0. The third-order valence-corrected chi connectivity index (χ3v) is 4.43. The van der Waals surface area contributed by atoms with Gasteiger partial charge in [0.15, 0.2) is 11.5 Å². The second kappa shape index (κ2) is 8.04. The summed E-state index contributed by atoms with van der Waals surface area (Å²) in [4.78, 5) is 12.7. The Morgan fingerprint density at radius 2 is 2.08 bits per heavy atom. The van der Waals surface area contributed by atoms with Crippen molar-refractivity contribution < 1.29 is 23.7 Å². The van der Waals surface area contributed by atoms with E-state index in [1.165, 1.54) is 6.26 Å². The summed E-state index contributed by atoms with van der Waals surface area (Å²) >= 11 is 0. The number of hydrogen-bond acceptors (Lipinski definition) is 6. The van der Waals surface area contributed by atoms with Crippen LogP contribution in [0.1, 0.15) is 26.2 Å². The van der Waals surface area contributed by atoms with E-state index in [1.54, 1.807) is 12.1 Å². The molecule has 1 saturated carbocycles. The molecule has 6 nitrogen and oxygen atoms in total. The summed E-state index contributed by atoms with van der Waals surface area (Å²) in [6.45, 7) is 2.47. The molecule has 3 rings (SSSR count). The minimum atomic E-state index is -0.235. The summed E-state index contributed by atoms with van der Waals surface area (Å²) in [6.07, 6.45) is 3.13. The zero-order valence-corrected chi connectivity index (χ0v) is 14.1. The monoisotopic (exact) mass is 343 g/mol. The van der Waals surface area contributed by atoms with E-state index < -0.39 is 0 Å². The van der Waals surface area contributed by atoms with E-state index in [-0.39, 0.29) is 36.3 Å². The minimum Gasteiger partial charge on any atom is -0.493 e. The van der Waals surface area contributed by atoms with Crippen molar-refractivity contribution in [1.82, 2.24) is 0 Å². The number of ketones is 1. The lowest BCUT2D eigenvalue weighted by Gasteiger charge is -2.36. The maximum Gasteiger partial charge on any atom is 0.208 e. The van der Waals surface area contributed by atoms with Gasteiger partial charge in [0, 0.05) is 6.42 Å². The van der Waals surface area contributed by atoms with E-state index in [0.29, 0.717) is 30.9 Å². The first-order valence-corrected chi connectivity index (χ1v) is 8.51. The van der Waals surface area contributed by atoms with E-state index >= 15 is 0 Å². The molecule has 1 fully saturated rings. The number of Topliss-reactive ketones (excluding diaryl/α,β-unsaturated/α-hetero) is 1. The van der Waals surface area contributed by atoms with Crippen LogP contribution in [0.3, 0.4) is 0 Å². The van der Waals surface area contributed by atoms with Crippen LogP contribution in [-0.4, -0.2) is 31.2 Å². The van der Waals surface area contributed by atoms with Crippen molar-refractivity contribution in [2.75, 3.05) is 13.2 Å². The van der Waals surface area contributed by atoms with Crippen LogP contribution in [-0.2, 0) is 14.3 Å². The molecular formula is C19H21NO5. The van der Waals surface area contributed by atoms with Gasteiger partial charge in [-0.05, 0) is 31.9 Å². The van der Waals surface area contributed by atoms with E-state index in [4.69, 9.17) is 24.2 Å². The summed E-state index contributed by atoms with van der Waals surface area (Å²) in [6, 6.07) is 9.21. The normalized spacial score (nSPS) is 25.2. The molecule has 0 N–H and O–H groups in total. The summed E-state index contributed by atoms with van der Waals surface area (Å²) < 4.78 is 22.5. The van der Waals surface area contributed by atoms with Gasteiger partial charge in [0.25, 0.3) is 0 Å². The van der Waals surface area contributed by atoms with Gasteiger partial charge >= 0.3 is 0 Å². The molecule has 0 radical (unpaired) electrons. The number of nitriles is 1. The summed E-state index contributed by atoms with van der Waals surface area (Å²) in [5, 5.41) is 8.61. The van der Waals surface area contributed by atoms with E-state index in [1.807, 2.05) is 25.1 Å². The molecule has 0 aromatic heterocycles. The van der Waals surface area contributed by atoms with Crippen molar-refractivity contribution in [3.8, 4) is 17.6 Å². The van der Waals surface area contributed by atoms with Gasteiger partial charge in [-0.2, -0.15) is 5.26 Å². The Labute approximate surface area is 146 Å². The Kier molecular flexibility index (Phi) is 5.56. The van der Waals surface area contributed by atoms with Crippen LogP contribution in [0, 0.1) is 17.2 Å². The number of rotatable bonds is 6. The predicted molar refractivity (Wildman–Crippen MR) is 88.9 cm³/mol. The molecule has 0 bridgehead atoms. The molecule has 2 aliphatic rings. The lowest BCUT2D eigenvalue weighted by molar-refractivity contribution is -0.133. The highest BCUT2D eigenvalue weighted by atomic mass is 16.5. The third-order valence-electron chi connectivity index (χ3n) is 4.43. The number of benzene rings is 1. The lowest BCUT2D eigenvalue weighted by atomic mass is 9.80. The first-order chi connectivity index (χ1) is 12.2. The zero-order valence-electron chi connectivity index (χ0n) is 14.1. The molecule has 0 amide bonds. The summed E-state index contributed by atoms with van der Waals surface area (Å²) in [5.41, 5.74) is 0. The fourth-order valence-electron chi connectivity index (χ4n) is 3.24. The van der Waals surface area contributed by atoms with Crippen molar-refractivity contribution >= 4 is 5.78 Å². The van der Waals surface area contributed by atoms with Crippen LogP contribution in [0.2, 0.25) is 0 Å². The highest BCUT2D eigenvalue weighted by Gasteiger charge is 2.41. The molecule has 0 spiro atoms. The number of para-hydroxylation sites is 2. The number of nitrogens with zero attached hydrogens (tertiary/aromatic N) is 1.